The van der Waals surface area contributed by atoms with Crippen LogP contribution in [0.1, 0.15) is 19.4 Å². The summed E-state index contributed by atoms with van der Waals surface area (Å²) in [6, 6.07) is 2.08. The second kappa shape index (κ2) is 4.77. The molecule has 15 heavy (non-hydrogen) atoms. The molecule has 0 radical (unpaired) electrons. The van der Waals surface area contributed by atoms with Crippen LogP contribution in [0.25, 0.3) is 0 Å². The molecule has 84 valence electrons. The van der Waals surface area contributed by atoms with Gasteiger partial charge in [-0.1, -0.05) is 0 Å². The third-order valence-electron chi connectivity index (χ3n) is 2.79. The van der Waals surface area contributed by atoms with Crippen LogP contribution in [0.3, 0.4) is 0 Å². The van der Waals surface area contributed by atoms with E-state index >= 15 is 0 Å². The standard InChI is InChI=1S/C11H17NO2S/c1-11(2,10(13)14)12(3)6-4-9-5-7-15-8-9/h5,7-8H,4,6H2,1-3H3,(H,13,14). The number of thiophene rings is 1. The summed E-state index contributed by atoms with van der Waals surface area (Å²) in [4.78, 5) is 12.9. The van der Waals surface area contributed by atoms with E-state index in [-0.39, 0.29) is 0 Å². The summed E-state index contributed by atoms with van der Waals surface area (Å²) in [6.45, 7) is 4.21. The van der Waals surface area contributed by atoms with Gasteiger partial charge >= 0.3 is 5.97 Å². The first-order chi connectivity index (χ1) is 6.94. The van der Waals surface area contributed by atoms with Crippen molar-refractivity contribution in [3.05, 3.63) is 22.4 Å². The molecule has 1 N–H and O–H groups in total. The quantitative estimate of drug-likeness (QED) is 0.837. The normalized spacial score (nSPS) is 12.0. The monoisotopic (exact) mass is 227 g/mol. The van der Waals surface area contributed by atoms with Crippen LogP contribution in [0.4, 0.5) is 0 Å². The van der Waals surface area contributed by atoms with Gasteiger partial charge in [0, 0.05) is 6.54 Å². The van der Waals surface area contributed by atoms with Crippen molar-refractivity contribution in [3.63, 3.8) is 0 Å². The fraction of sp³-hybridized carbons (Fsp3) is 0.545. The number of rotatable bonds is 5. The van der Waals surface area contributed by atoms with Crippen LogP contribution in [0.15, 0.2) is 16.8 Å². The zero-order chi connectivity index (χ0) is 11.5. The first-order valence-electron chi connectivity index (χ1n) is 4.90. The van der Waals surface area contributed by atoms with Gasteiger partial charge in [0.2, 0.25) is 0 Å². The Kier molecular flexibility index (Phi) is 3.88. The molecule has 0 saturated heterocycles. The van der Waals surface area contributed by atoms with Crippen molar-refractivity contribution < 1.29 is 9.90 Å². The van der Waals surface area contributed by atoms with Gasteiger partial charge in [-0.3, -0.25) is 9.69 Å². The zero-order valence-corrected chi connectivity index (χ0v) is 10.2. The van der Waals surface area contributed by atoms with Crippen LogP contribution in [0.2, 0.25) is 0 Å². The molecule has 0 aromatic carbocycles. The second-order valence-electron chi connectivity index (χ2n) is 4.17. The number of aliphatic carboxylic acids is 1. The Morgan fingerprint density at radius 2 is 2.27 bits per heavy atom. The minimum Gasteiger partial charge on any atom is -0.480 e. The summed E-state index contributed by atoms with van der Waals surface area (Å²) >= 11 is 1.67. The maximum Gasteiger partial charge on any atom is 0.323 e. The van der Waals surface area contributed by atoms with E-state index in [2.05, 4.69) is 11.4 Å². The van der Waals surface area contributed by atoms with Gasteiger partial charge < -0.3 is 5.11 Å². The predicted molar refractivity (Wildman–Crippen MR) is 62.4 cm³/mol. The molecule has 0 aliphatic carbocycles. The number of carbonyl (C=O) groups is 1. The van der Waals surface area contributed by atoms with Crippen molar-refractivity contribution in [1.29, 1.82) is 0 Å². The van der Waals surface area contributed by atoms with E-state index in [9.17, 15) is 4.79 Å². The minimum atomic E-state index is -0.796. The summed E-state index contributed by atoms with van der Waals surface area (Å²) in [5.41, 5.74) is 0.476. The highest BCUT2D eigenvalue weighted by atomic mass is 32.1. The number of carboxylic acids is 1. The number of likely N-dealkylation sites (N-methyl/N-ethyl adjacent to an activating group) is 1. The number of hydrogen-bond donors (Lipinski definition) is 1. The van der Waals surface area contributed by atoms with E-state index in [1.54, 1.807) is 25.2 Å². The maximum absolute atomic E-state index is 11.0. The van der Waals surface area contributed by atoms with Gasteiger partial charge in [-0.2, -0.15) is 11.3 Å². The third-order valence-corrected chi connectivity index (χ3v) is 3.53. The average Bonchev–Trinajstić information content (AvgIpc) is 2.66. The predicted octanol–water partition coefficient (Wildman–Crippen LogP) is 2.09. The Labute approximate surface area is 94.3 Å². The molecule has 1 aromatic heterocycles. The van der Waals surface area contributed by atoms with Crippen LogP contribution in [-0.2, 0) is 11.2 Å². The van der Waals surface area contributed by atoms with Crippen LogP contribution < -0.4 is 0 Å². The van der Waals surface area contributed by atoms with Gasteiger partial charge in [0.1, 0.15) is 5.54 Å². The molecule has 0 atom stereocenters. The largest absolute Gasteiger partial charge is 0.480 e. The summed E-state index contributed by atoms with van der Waals surface area (Å²) in [7, 11) is 1.85. The fourth-order valence-corrected chi connectivity index (χ4v) is 1.88. The molecular formula is C11H17NO2S. The fourth-order valence-electron chi connectivity index (χ4n) is 1.17. The highest BCUT2D eigenvalue weighted by molar-refractivity contribution is 7.07. The SMILES string of the molecule is CN(CCc1ccsc1)C(C)(C)C(=O)O. The lowest BCUT2D eigenvalue weighted by molar-refractivity contribution is -0.148. The molecule has 0 aliphatic heterocycles. The van der Waals surface area contributed by atoms with Gasteiger partial charge in [-0.05, 0) is 49.7 Å². The number of nitrogens with zero attached hydrogens (tertiary/aromatic N) is 1. The first kappa shape index (κ1) is 12.2. The maximum atomic E-state index is 11.0. The molecule has 0 fully saturated rings. The van der Waals surface area contributed by atoms with Crippen molar-refractivity contribution in [2.24, 2.45) is 0 Å². The van der Waals surface area contributed by atoms with Crippen LogP contribution >= 0.6 is 11.3 Å². The minimum absolute atomic E-state index is 0.760. The zero-order valence-electron chi connectivity index (χ0n) is 9.36. The second-order valence-corrected chi connectivity index (χ2v) is 4.95. The molecule has 0 bridgehead atoms. The topological polar surface area (TPSA) is 40.5 Å². The van der Waals surface area contributed by atoms with E-state index in [1.165, 1.54) is 5.56 Å². The lowest BCUT2D eigenvalue weighted by atomic mass is 10.0. The lowest BCUT2D eigenvalue weighted by Crippen LogP contribution is -2.48. The molecule has 0 aliphatic rings. The molecule has 0 spiro atoms. The van der Waals surface area contributed by atoms with Crippen molar-refractivity contribution in [2.75, 3.05) is 13.6 Å². The van der Waals surface area contributed by atoms with Crippen LogP contribution in [0, 0.1) is 0 Å². The molecule has 1 rings (SSSR count). The van der Waals surface area contributed by atoms with Gasteiger partial charge in [0.25, 0.3) is 0 Å². The van der Waals surface area contributed by atoms with E-state index in [0.717, 1.165) is 13.0 Å². The summed E-state index contributed by atoms with van der Waals surface area (Å²) in [5, 5.41) is 13.2. The molecule has 4 heteroatoms. The molecule has 1 aromatic rings. The van der Waals surface area contributed by atoms with Crippen molar-refractivity contribution >= 4 is 17.3 Å². The third kappa shape index (κ3) is 3.04. The summed E-state index contributed by atoms with van der Waals surface area (Å²) < 4.78 is 0. The van der Waals surface area contributed by atoms with Crippen LogP contribution in [-0.4, -0.2) is 35.1 Å². The van der Waals surface area contributed by atoms with E-state index < -0.39 is 11.5 Å². The molecule has 0 saturated carbocycles. The van der Waals surface area contributed by atoms with Gasteiger partial charge in [-0.15, -0.1) is 0 Å². The Bertz CT molecular complexity index is 319. The Morgan fingerprint density at radius 3 is 2.73 bits per heavy atom. The van der Waals surface area contributed by atoms with Crippen molar-refractivity contribution in [1.82, 2.24) is 4.90 Å². The van der Waals surface area contributed by atoms with Crippen LogP contribution in [0.5, 0.6) is 0 Å². The number of carboxylic acid groups (broad SMARTS) is 1. The van der Waals surface area contributed by atoms with Gasteiger partial charge in [0.15, 0.2) is 0 Å². The Hall–Kier alpha value is -0.870. The van der Waals surface area contributed by atoms with E-state index in [0.29, 0.717) is 0 Å². The Balaban J connectivity index is 2.49. The van der Waals surface area contributed by atoms with Crippen molar-refractivity contribution in [3.8, 4) is 0 Å². The van der Waals surface area contributed by atoms with Crippen molar-refractivity contribution in [2.45, 2.75) is 25.8 Å². The molecule has 0 unspecified atom stereocenters. The van der Waals surface area contributed by atoms with Gasteiger partial charge in [-0.25, -0.2) is 0 Å². The number of hydrogen-bond acceptors (Lipinski definition) is 3. The smallest absolute Gasteiger partial charge is 0.323 e. The van der Waals surface area contributed by atoms with E-state index in [4.69, 9.17) is 5.11 Å². The lowest BCUT2D eigenvalue weighted by Gasteiger charge is -2.31. The molecule has 1 heterocycles. The molecule has 3 nitrogen and oxygen atoms in total. The molecule has 0 amide bonds. The molecular weight excluding hydrogens is 210 g/mol. The Morgan fingerprint density at radius 1 is 1.60 bits per heavy atom. The average molecular weight is 227 g/mol. The van der Waals surface area contributed by atoms with E-state index in [1.807, 2.05) is 17.3 Å². The summed E-state index contributed by atoms with van der Waals surface area (Å²) in [6.07, 6.45) is 0.900. The first-order valence-corrected chi connectivity index (χ1v) is 5.84. The van der Waals surface area contributed by atoms with Gasteiger partial charge in [0.05, 0.1) is 0 Å². The highest BCUT2D eigenvalue weighted by Crippen LogP contribution is 2.14. The highest BCUT2D eigenvalue weighted by Gasteiger charge is 2.31. The summed E-state index contributed by atoms with van der Waals surface area (Å²) in [5.74, 6) is -0.782.